The Labute approximate surface area is 150 Å². The first-order valence-corrected chi connectivity index (χ1v) is 8.72. The standard InChI is InChI=1S/C18H21N5O3/c1-12-16(24)22-14-11-13(3-4-15(14)26-12)21-17(25)18(5-8-19-9-6-18)23-10-2-7-20-23/h2-4,7,10-12,19H,5-6,8-9H2,1H3,(H,21,25)(H,22,24). The van der Waals surface area contributed by atoms with Crippen LogP contribution in [0.15, 0.2) is 36.7 Å². The maximum atomic E-state index is 13.2. The van der Waals surface area contributed by atoms with Crippen LogP contribution in [0, 0.1) is 0 Å². The van der Waals surface area contributed by atoms with E-state index in [1.54, 1.807) is 36.0 Å². The smallest absolute Gasteiger partial charge is 0.265 e. The number of benzene rings is 1. The van der Waals surface area contributed by atoms with Crippen molar-refractivity contribution in [2.24, 2.45) is 0 Å². The Morgan fingerprint density at radius 3 is 2.92 bits per heavy atom. The fourth-order valence-electron chi connectivity index (χ4n) is 3.46. The SMILES string of the molecule is CC1Oc2ccc(NC(=O)C3(n4cccn4)CCNCC3)cc2NC1=O. The maximum Gasteiger partial charge on any atom is 0.265 e. The largest absolute Gasteiger partial charge is 0.479 e. The first kappa shape index (κ1) is 16.6. The lowest BCUT2D eigenvalue weighted by Crippen LogP contribution is -2.52. The summed E-state index contributed by atoms with van der Waals surface area (Å²) in [5.74, 6) is 0.283. The zero-order valence-electron chi connectivity index (χ0n) is 14.5. The normalized spacial score (nSPS) is 21.3. The molecule has 0 saturated carbocycles. The molecule has 1 unspecified atom stereocenters. The highest BCUT2D eigenvalue weighted by molar-refractivity contribution is 6.00. The minimum absolute atomic E-state index is 0.112. The number of carbonyl (C=O) groups is 2. The minimum atomic E-state index is -0.723. The summed E-state index contributed by atoms with van der Waals surface area (Å²) < 4.78 is 7.30. The summed E-state index contributed by atoms with van der Waals surface area (Å²) >= 11 is 0. The summed E-state index contributed by atoms with van der Waals surface area (Å²) in [5.41, 5.74) is 0.445. The number of hydrogen-bond acceptors (Lipinski definition) is 5. The first-order valence-electron chi connectivity index (χ1n) is 8.72. The summed E-state index contributed by atoms with van der Waals surface area (Å²) in [7, 11) is 0. The van der Waals surface area contributed by atoms with Gasteiger partial charge in [-0.15, -0.1) is 0 Å². The number of ether oxygens (including phenoxy) is 1. The van der Waals surface area contributed by atoms with Crippen molar-refractivity contribution in [2.45, 2.75) is 31.4 Å². The monoisotopic (exact) mass is 355 g/mol. The number of carbonyl (C=O) groups excluding carboxylic acids is 2. The zero-order valence-corrected chi connectivity index (χ0v) is 14.5. The van der Waals surface area contributed by atoms with Crippen molar-refractivity contribution in [3.05, 3.63) is 36.7 Å². The molecule has 1 atom stereocenters. The van der Waals surface area contributed by atoms with Gasteiger partial charge in [-0.05, 0) is 57.1 Å². The zero-order chi connectivity index (χ0) is 18.1. The molecule has 3 N–H and O–H groups in total. The minimum Gasteiger partial charge on any atom is -0.479 e. The summed E-state index contributed by atoms with van der Waals surface area (Å²) in [4.78, 5) is 25.0. The van der Waals surface area contributed by atoms with E-state index in [2.05, 4.69) is 21.0 Å². The van der Waals surface area contributed by atoms with Gasteiger partial charge in [0.1, 0.15) is 11.3 Å². The molecule has 8 heteroatoms. The third-order valence-electron chi connectivity index (χ3n) is 4.96. The Hall–Kier alpha value is -2.87. The second-order valence-corrected chi connectivity index (χ2v) is 6.65. The van der Waals surface area contributed by atoms with Crippen molar-refractivity contribution in [3.63, 3.8) is 0 Å². The Morgan fingerprint density at radius 2 is 2.19 bits per heavy atom. The van der Waals surface area contributed by atoms with Gasteiger partial charge in [-0.1, -0.05) is 0 Å². The number of fused-ring (bicyclic) bond motifs is 1. The topological polar surface area (TPSA) is 97.3 Å². The van der Waals surface area contributed by atoms with E-state index in [9.17, 15) is 9.59 Å². The van der Waals surface area contributed by atoms with Gasteiger partial charge in [-0.25, -0.2) is 0 Å². The van der Waals surface area contributed by atoms with Crippen LogP contribution >= 0.6 is 0 Å². The highest BCUT2D eigenvalue weighted by Gasteiger charge is 2.42. The van der Waals surface area contributed by atoms with E-state index in [0.29, 0.717) is 30.0 Å². The van der Waals surface area contributed by atoms with Crippen molar-refractivity contribution >= 4 is 23.2 Å². The molecule has 8 nitrogen and oxygen atoms in total. The van der Waals surface area contributed by atoms with E-state index in [1.807, 2.05) is 12.3 Å². The van der Waals surface area contributed by atoms with E-state index >= 15 is 0 Å². The second-order valence-electron chi connectivity index (χ2n) is 6.65. The maximum absolute atomic E-state index is 13.2. The highest BCUT2D eigenvalue weighted by atomic mass is 16.5. The van der Waals surface area contributed by atoms with Crippen LogP contribution in [0.2, 0.25) is 0 Å². The molecular weight excluding hydrogens is 334 g/mol. The number of hydrogen-bond donors (Lipinski definition) is 3. The first-order chi connectivity index (χ1) is 12.6. The number of aromatic nitrogens is 2. The van der Waals surface area contributed by atoms with Gasteiger partial charge in [-0.3, -0.25) is 14.3 Å². The van der Waals surface area contributed by atoms with E-state index in [1.165, 1.54) is 0 Å². The van der Waals surface area contributed by atoms with Crippen LogP contribution in [0.25, 0.3) is 0 Å². The molecule has 1 saturated heterocycles. The Morgan fingerprint density at radius 1 is 1.38 bits per heavy atom. The number of rotatable bonds is 3. The third-order valence-corrected chi connectivity index (χ3v) is 4.96. The molecule has 0 bridgehead atoms. The van der Waals surface area contributed by atoms with E-state index in [0.717, 1.165) is 13.1 Å². The van der Waals surface area contributed by atoms with Crippen molar-refractivity contribution < 1.29 is 14.3 Å². The number of anilines is 2. The predicted octanol–water partition coefficient (Wildman–Crippen LogP) is 1.32. The van der Waals surface area contributed by atoms with Crippen molar-refractivity contribution in [2.75, 3.05) is 23.7 Å². The molecule has 0 spiro atoms. The summed E-state index contributed by atoms with van der Waals surface area (Å²) in [5, 5.41) is 13.4. The Kier molecular flexibility index (Phi) is 4.12. The van der Waals surface area contributed by atoms with Gasteiger partial charge in [0, 0.05) is 18.1 Å². The van der Waals surface area contributed by atoms with Crippen LogP contribution < -0.4 is 20.7 Å². The summed E-state index contributed by atoms with van der Waals surface area (Å²) in [6, 6.07) is 7.07. The quantitative estimate of drug-likeness (QED) is 0.772. The van der Waals surface area contributed by atoms with E-state index in [-0.39, 0.29) is 11.8 Å². The molecule has 1 aromatic heterocycles. The van der Waals surface area contributed by atoms with Crippen LogP contribution in [-0.4, -0.2) is 40.8 Å². The lowest BCUT2D eigenvalue weighted by atomic mass is 9.87. The van der Waals surface area contributed by atoms with Crippen LogP contribution in [0.5, 0.6) is 5.75 Å². The Balaban J connectivity index is 1.59. The van der Waals surface area contributed by atoms with Gasteiger partial charge >= 0.3 is 0 Å². The molecule has 2 aliphatic heterocycles. The van der Waals surface area contributed by atoms with Gasteiger partial charge in [0.2, 0.25) is 0 Å². The van der Waals surface area contributed by atoms with Crippen molar-refractivity contribution in [1.82, 2.24) is 15.1 Å². The van der Waals surface area contributed by atoms with Crippen LogP contribution in [0.1, 0.15) is 19.8 Å². The molecule has 2 aliphatic rings. The fourth-order valence-corrected chi connectivity index (χ4v) is 3.46. The van der Waals surface area contributed by atoms with Gasteiger partial charge in [0.05, 0.1) is 5.69 Å². The molecule has 2 aromatic rings. The number of piperidine rings is 1. The van der Waals surface area contributed by atoms with Crippen LogP contribution in [-0.2, 0) is 15.1 Å². The van der Waals surface area contributed by atoms with Gasteiger partial charge in [0.15, 0.2) is 6.10 Å². The molecule has 26 heavy (non-hydrogen) atoms. The van der Waals surface area contributed by atoms with E-state index < -0.39 is 11.6 Å². The van der Waals surface area contributed by atoms with Gasteiger partial charge < -0.3 is 20.7 Å². The van der Waals surface area contributed by atoms with Crippen molar-refractivity contribution in [3.8, 4) is 5.75 Å². The molecule has 136 valence electrons. The molecule has 3 heterocycles. The highest BCUT2D eigenvalue weighted by Crippen LogP contribution is 2.34. The summed E-state index contributed by atoms with van der Waals surface area (Å²) in [6.07, 6.45) is 4.30. The second kappa shape index (κ2) is 6.45. The average Bonchev–Trinajstić information content (AvgIpc) is 3.19. The average molecular weight is 355 g/mol. The van der Waals surface area contributed by atoms with E-state index in [4.69, 9.17) is 4.74 Å². The van der Waals surface area contributed by atoms with Crippen LogP contribution in [0.4, 0.5) is 11.4 Å². The number of amides is 2. The molecule has 0 radical (unpaired) electrons. The predicted molar refractivity (Wildman–Crippen MR) is 96.1 cm³/mol. The van der Waals surface area contributed by atoms with Gasteiger partial charge in [-0.2, -0.15) is 5.10 Å². The number of nitrogens with zero attached hydrogens (tertiary/aromatic N) is 2. The molecule has 4 rings (SSSR count). The van der Waals surface area contributed by atoms with Gasteiger partial charge in [0.25, 0.3) is 11.8 Å². The lowest BCUT2D eigenvalue weighted by Gasteiger charge is -2.36. The molecule has 1 aromatic carbocycles. The molecular formula is C18H21N5O3. The lowest BCUT2D eigenvalue weighted by molar-refractivity contribution is -0.126. The third kappa shape index (κ3) is 2.82. The number of nitrogens with one attached hydrogen (secondary N) is 3. The Bertz CT molecular complexity index is 827. The molecule has 2 amide bonds. The van der Waals surface area contributed by atoms with Crippen molar-refractivity contribution in [1.29, 1.82) is 0 Å². The summed E-state index contributed by atoms with van der Waals surface area (Å²) in [6.45, 7) is 3.19. The fraction of sp³-hybridized carbons (Fsp3) is 0.389. The molecule has 1 fully saturated rings. The molecule has 0 aliphatic carbocycles. The van der Waals surface area contributed by atoms with Crippen LogP contribution in [0.3, 0.4) is 0 Å².